The van der Waals surface area contributed by atoms with Gasteiger partial charge in [-0.3, -0.25) is 0 Å². The molecule has 0 bridgehead atoms. The van der Waals surface area contributed by atoms with Gasteiger partial charge >= 0.3 is 0 Å². The number of aldehydes is 1. The van der Waals surface area contributed by atoms with Gasteiger partial charge in [0, 0.05) is 10.3 Å². The Morgan fingerprint density at radius 1 is 1.12 bits per heavy atom. The molecule has 33 heavy (non-hydrogen) atoms. The molecule has 2 aromatic rings. The van der Waals surface area contributed by atoms with Crippen LogP contribution in [0.15, 0.2) is 28.5 Å². The predicted molar refractivity (Wildman–Crippen MR) is 134 cm³/mol. The van der Waals surface area contributed by atoms with Crippen LogP contribution in [0.5, 0.6) is 5.75 Å². The number of sulfonamides is 1. The number of benzene rings is 1. The highest BCUT2D eigenvalue weighted by Crippen LogP contribution is 2.45. The van der Waals surface area contributed by atoms with Gasteiger partial charge < -0.3 is 14.6 Å². The number of nitrogens with one attached hydrogen (secondary N) is 1. The van der Waals surface area contributed by atoms with Crippen molar-refractivity contribution in [1.29, 1.82) is 0 Å². The summed E-state index contributed by atoms with van der Waals surface area (Å²) in [6, 6.07) is 8.02. The molecule has 0 saturated carbocycles. The predicted octanol–water partition coefficient (Wildman–Crippen LogP) is 4.73. The lowest BCUT2D eigenvalue weighted by molar-refractivity contribution is -0.106. The third-order valence-corrected chi connectivity index (χ3v) is 9.78. The van der Waals surface area contributed by atoms with E-state index in [1.54, 1.807) is 6.92 Å². The van der Waals surface area contributed by atoms with Crippen molar-refractivity contribution in [3.63, 3.8) is 0 Å². The van der Waals surface area contributed by atoms with E-state index in [4.69, 9.17) is 4.74 Å². The molecule has 0 spiro atoms. The van der Waals surface area contributed by atoms with Crippen LogP contribution in [0.2, 0.25) is 0 Å². The van der Waals surface area contributed by atoms with Crippen molar-refractivity contribution in [2.75, 3.05) is 13.2 Å². The van der Waals surface area contributed by atoms with Crippen molar-refractivity contribution in [3.05, 3.63) is 45.8 Å². The second kappa shape index (κ2) is 10.7. The van der Waals surface area contributed by atoms with Gasteiger partial charge in [0.05, 0.1) is 12.6 Å². The van der Waals surface area contributed by atoms with Gasteiger partial charge in [-0.05, 0) is 60.9 Å². The minimum Gasteiger partial charge on any atom is -0.491 e. The van der Waals surface area contributed by atoms with Gasteiger partial charge in [0.1, 0.15) is 22.9 Å². The highest BCUT2D eigenvalue weighted by Gasteiger charge is 2.35. The van der Waals surface area contributed by atoms with E-state index in [0.717, 1.165) is 34.6 Å². The van der Waals surface area contributed by atoms with E-state index in [9.17, 15) is 18.3 Å². The molecule has 1 aromatic heterocycles. The summed E-state index contributed by atoms with van der Waals surface area (Å²) < 4.78 is 33.8. The van der Waals surface area contributed by atoms with Crippen molar-refractivity contribution in [3.8, 4) is 5.75 Å². The largest absolute Gasteiger partial charge is 0.491 e. The smallest absolute Gasteiger partial charge is 0.250 e. The number of aliphatic hydroxyl groups excluding tert-OH is 1. The zero-order valence-corrected chi connectivity index (χ0v) is 22.3. The molecule has 1 aromatic carbocycles. The summed E-state index contributed by atoms with van der Waals surface area (Å²) in [5, 5.41) is 10.3. The van der Waals surface area contributed by atoms with Crippen LogP contribution in [0, 0.1) is 19.3 Å². The Balaban J connectivity index is 2.43. The molecule has 0 saturated heterocycles. The maximum absolute atomic E-state index is 12.7. The number of rotatable bonds is 11. The fraction of sp³-hybridized carbons (Fsp3) is 0.560. The molecule has 6 nitrogen and oxygen atoms in total. The molecule has 1 heterocycles. The van der Waals surface area contributed by atoms with Crippen molar-refractivity contribution < 1.29 is 23.1 Å². The Hall–Kier alpha value is -1.74. The Morgan fingerprint density at radius 3 is 2.27 bits per heavy atom. The lowest BCUT2D eigenvalue weighted by Crippen LogP contribution is -2.32. The first-order valence-corrected chi connectivity index (χ1v) is 13.6. The first kappa shape index (κ1) is 27.5. The van der Waals surface area contributed by atoms with Crippen LogP contribution in [0.25, 0.3) is 0 Å². The average Bonchev–Trinajstić information content (AvgIpc) is 3.15. The summed E-state index contributed by atoms with van der Waals surface area (Å²) in [7, 11) is -3.74. The maximum atomic E-state index is 12.7. The molecule has 0 amide bonds. The molecule has 0 aliphatic rings. The normalized spacial score (nSPS) is 13.7. The zero-order chi connectivity index (χ0) is 25.0. The van der Waals surface area contributed by atoms with Crippen LogP contribution in [-0.2, 0) is 20.2 Å². The first-order valence-electron chi connectivity index (χ1n) is 11.3. The number of thiophene rings is 1. The third kappa shape index (κ3) is 6.04. The molecule has 2 rings (SSSR count). The molecule has 1 unspecified atom stereocenters. The summed E-state index contributed by atoms with van der Waals surface area (Å²) in [5.74, 6) is 0.729. The summed E-state index contributed by atoms with van der Waals surface area (Å²) in [4.78, 5) is 11.6. The molecular weight excluding hydrogens is 458 g/mol. The Labute approximate surface area is 202 Å². The fourth-order valence-corrected chi connectivity index (χ4v) is 6.90. The molecule has 8 heteroatoms. The monoisotopic (exact) mass is 495 g/mol. The van der Waals surface area contributed by atoms with Crippen LogP contribution < -0.4 is 9.46 Å². The molecule has 0 fully saturated rings. The number of hydrogen-bond acceptors (Lipinski definition) is 6. The van der Waals surface area contributed by atoms with E-state index in [1.165, 1.54) is 11.3 Å². The quantitative estimate of drug-likeness (QED) is 0.440. The van der Waals surface area contributed by atoms with Gasteiger partial charge in [-0.1, -0.05) is 46.8 Å². The standard InChI is InChI=1S/C25H37NO5S2/c1-8-25(9-2,22-15-18(4)23(32-22)33(29,30)26-12-13-27)19-10-11-20(17(3)14-19)31-16-21(28)24(5,6)7/h10-11,13-15,21,26,28H,8-9,12,16H2,1-7H3. The second-order valence-corrected chi connectivity index (χ2v) is 12.6. The van der Waals surface area contributed by atoms with E-state index >= 15 is 0 Å². The number of aryl methyl sites for hydroxylation is 2. The number of aliphatic hydroxyl groups is 1. The number of carbonyl (C=O) groups is 1. The first-order chi connectivity index (χ1) is 15.3. The summed E-state index contributed by atoms with van der Waals surface area (Å²) in [6.07, 6.45) is 1.56. The van der Waals surface area contributed by atoms with Crippen molar-refractivity contribution in [2.45, 2.75) is 77.0 Å². The van der Waals surface area contributed by atoms with Crippen LogP contribution in [0.3, 0.4) is 0 Å². The third-order valence-electron chi connectivity index (χ3n) is 6.28. The Kier molecular flexibility index (Phi) is 8.90. The van der Waals surface area contributed by atoms with Gasteiger partial charge in [-0.25, -0.2) is 13.1 Å². The molecule has 2 N–H and O–H groups in total. The topological polar surface area (TPSA) is 92.7 Å². The van der Waals surface area contributed by atoms with Crippen molar-refractivity contribution >= 4 is 27.6 Å². The molecule has 1 atom stereocenters. The van der Waals surface area contributed by atoms with E-state index in [2.05, 4.69) is 24.6 Å². The maximum Gasteiger partial charge on any atom is 0.250 e. The molecule has 0 radical (unpaired) electrons. The summed E-state index contributed by atoms with van der Waals surface area (Å²) in [5.41, 5.74) is 2.13. The van der Waals surface area contributed by atoms with Gasteiger partial charge in [-0.15, -0.1) is 11.3 Å². The van der Waals surface area contributed by atoms with E-state index in [-0.39, 0.29) is 28.2 Å². The minimum atomic E-state index is -3.74. The molecule has 0 aliphatic heterocycles. The molecule has 0 aliphatic carbocycles. The summed E-state index contributed by atoms with van der Waals surface area (Å²) >= 11 is 1.26. The number of carbonyl (C=O) groups excluding carboxylic acids is 1. The average molecular weight is 496 g/mol. The number of ether oxygens (including phenoxy) is 1. The highest BCUT2D eigenvalue weighted by atomic mass is 32.2. The van der Waals surface area contributed by atoms with Gasteiger partial charge in [0.25, 0.3) is 10.0 Å². The van der Waals surface area contributed by atoms with Crippen LogP contribution in [-0.4, -0.2) is 39.1 Å². The van der Waals surface area contributed by atoms with Gasteiger partial charge in [0.15, 0.2) is 0 Å². The molecular formula is C25H37NO5S2. The van der Waals surface area contributed by atoms with Crippen molar-refractivity contribution in [1.82, 2.24) is 4.72 Å². The van der Waals surface area contributed by atoms with Gasteiger partial charge in [-0.2, -0.15) is 0 Å². The lowest BCUT2D eigenvalue weighted by Gasteiger charge is -2.32. The van der Waals surface area contributed by atoms with Crippen LogP contribution in [0.1, 0.15) is 69.0 Å². The van der Waals surface area contributed by atoms with E-state index in [0.29, 0.717) is 11.8 Å². The summed E-state index contributed by atoms with van der Waals surface area (Å²) in [6.45, 7) is 13.9. The van der Waals surface area contributed by atoms with E-state index in [1.807, 2.05) is 45.9 Å². The Morgan fingerprint density at radius 2 is 1.76 bits per heavy atom. The zero-order valence-electron chi connectivity index (χ0n) is 20.7. The van der Waals surface area contributed by atoms with Gasteiger partial charge in [0.2, 0.25) is 0 Å². The highest BCUT2D eigenvalue weighted by molar-refractivity contribution is 7.91. The molecule has 184 valence electrons. The second-order valence-electron chi connectivity index (χ2n) is 9.56. The lowest BCUT2D eigenvalue weighted by atomic mass is 9.74. The Bertz CT molecular complexity index is 1060. The van der Waals surface area contributed by atoms with Crippen LogP contribution >= 0.6 is 11.3 Å². The van der Waals surface area contributed by atoms with E-state index < -0.39 is 16.1 Å². The van der Waals surface area contributed by atoms with Crippen LogP contribution in [0.4, 0.5) is 0 Å². The minimum absolute atomic E-state index is 0.218. The SMILES string of the molecule is CCC(CC)(c1ccc(OCC(O)C(C)(C)C)c(C)c1)c1cc(C)c(S(=O)(=O)NCC=O)s1. The number of hydrogen-bond donors (Lipinski definition) is 2. The fourth-order valence-electron chi connectivity index (χ4n) is 3.85. The van der Waals surface area contributed by atoms with Crippen molar-refractivity contribution in [2.24, 2.45) is 5.41 Å².